The average molecular weight is 410 g/mol. The average Bonchev–Trinajstić information content (AvgIpc) is 3.46. The molecule has 5 heteroatoms. The molecule has 5 nitrogen and oxygen atoms in total. The van der Waals surface area contributed by atoms with Crippen LogP contribution in [0.15, 0.2) is 66.9 Å². The lowest BCUT2D eigenvalue weighted by atomic mass is 9.73. The molecule has 2 aliphatic rings. The van der Waals surface area contributed by atoms with E-state index in [4.69, 9.17) is 15.7 Å². The summed E-state index contributed by atoms with van der Waals surface area (Å²) in [5.41, 5.74) is 13.0. The molecule has 2 N–H and O–H groups in total. The molecule has 2 fully saturated rings. The topological polar surface area (TPSA) is 60.0 Å². The van der Waals surface area contributed by atoms with E-state index in [-0.39, 0.29) is 5.54 Å². The van der Waals surface area contributed by atoms with Crippen LogP contribution in [-0.4, -0.2) is 27.6 Å². The third-order valence-corrected chi connectivity index (χ3v) is 6.95. The fourth-order valence-electron chi connectivity index (χ4n) is 4.94. The third-order valence-electron chi connectivity index (χ3n) is 6.95. The molecule has 156 valence electrons. The number of nitrogens with two attached hydrogens (primary N) is 1. The number of hydrogen-bond donors (Lipinski definition) is 1. The Morgan fingerprint density at radius 3 is 2.29 bits per heavy atom. The van der Waals surface area contributed by atoms with Gasteiger partial charge in [-0.2, -0.15) is 0 Å². The highest BCUT2D eigenvalue weighted by Gasteiger charge is 2.34. The highest BCUT2D eigenvalue weighted by atomic mass is 15.3. The molecule has 0 bridgehead atoms. The van der Waals surface area contributed by atoms with Crippen LogP contribution in [0.1, 0.15) is 37.7 Å². The fraction of sp³-hybridized carbons (Fsp3) is 0.308. The summed E-state index contributed by atoms with van der Waals surface area (Å²) in [6, 6.07) is 21.4. The molecule has 2 aromatic heterocycles. The molecule has 0 amide bonds. The monoisotopic (exact) mass is 409 g/mol. The minimum Gasteiger partial charge on any atom is -0.341 e. The van der Waals surface area contributed by atoms with Crippen molar-refractivity contribution in [3.05, 3.63) is 72.4 Å². The molecule has 1 aliphatic carbocycles. The van der Waals surface area contributed by atoms with Crippen molar-refractivity contribution < 1.29 is 0 Å². The summed E-state index contributed by atoms with van der Waals surface area (Å²) < 4.78 is 2.27. The fourth-order valence-corrected chi connectivity index (χ4v) is 4.94. The second-order valence-corrected chi connectivity index (χ2v) is 8.92. The lowest BCUT2D eigenvalue weighted by molar-refractivity contribution is 0.253. The van der Waals surface area contributed by atoms with Gasteiger partial charge in [0.15, 0.2) is 0 Å². The van der Waals surface area contributed by atoms with Crippen molar-refractivity contribution >= 4 is 17.0 Å². The van der Waals surface area contributed by atoms with E-state index < -0.39 is 0 Å². The first kappa shape index (κ1) is 18.6. The number of anilines is 1. The Bertz CT molecular complexity index is 1220. The van der Waals surface area contributed by atoms with Gasteiger partial charge in [-0.05, 0) is 61.4 Å². The highest BCUT2D eigenvalue weighted by molar-refractivity contribution is 5.86. The van der Waals surface area contributed by atoms with Gasteiger partial charge in [-0.15, -0.1) is 0 Å². The number of rotatable bonds is 4. The number of nitrogens with zero attached hydrogens (tertiary/aromatic N) is 4. The minimum atomic E-state index is -0.146. The second-order valence-electron chi connectivity index (χ2n) is 8.92. The van der Waals surface area contributed by atoms with Crippen molar-refractivity contribution in [2.24, 2.45) is 5.73 Å². The van der Waals surface area contributed by atoms with E-state index >= 15 is 0 Å². The van der Waals surface area contributed by atoms with Gasteiger partial charge in [0, 0.05) is 24.3 Å². The van der Waals surface area contributed by atoms with Crippen molar-refractivity contribution in [1.29, 1.82) is 0 Å². The number of hydrogen-bond acceptors (Lipinski definition) is 4. The van der Waals surface area contributed by atoms with Gasteiger partial charge in [0.25, 0.3) is 0 Å². The number of benzene rings is 2. The van der Waals surface area contributed by atoms with Crippen LogP contribution < -0.4 is 10.6 Å². The predicted octanol–water partition coefficient (Wildman–Crippen LogP) is 5.03. The Labute approximate surface area is 182 Å². The van der Waals surface area contributed by atoms with Crippen molar-refractivity contribution in [1.82, 2.24) is 14.5 Å². The van der Waals surface area contributed by atoms with Crippen molar-refractivity contribution in [3.63, 3.8) is 0 Å². The summed E-state index contributed by atoms with van der Waals surface area (Å²) >= 11 is 0. The summed E-state index contributed by atoms with van der Waals surface area (Å²) in [7, 11) is 0. The quantitative estimate of drug-likeness (QED) is 0.514. The van der Waals surface area contributed by atoms with E-state index in [2.05, 4.69) is 70.1 Å². The Morgan fingerprint density at radius 2 is 1.61 bits per heavy atom. The van der Waals surface area contributed by atoms with E-state index in [1.54, 1.807) is 0 Å². The summed E-state index contributed by atoms with van der Waals surface area (Å²) in [6.07, 6.45) is 7.77. The molecule has 31 heavy (non-hydrogen) atoms. The van der Waals surface area contributed by atoms with Gasteiger partial charge in [0.2, 0.25) is 5.95 Å². The van der Waals surface area contributed by atoms with Crippen LogP contribution in [0.4, 0.5) is 5.95 Å². The minimum absolute atomic E-state index is 0.146. The maximum atomic E-state index is 6.55. The Kier molecular flexibility index (Phi) is 4.32. The Balaban J connectivity index is 1.49. The Morgan fingerprint density at radius 1 is 0.871 bits per heavy atom. The molecule has 1 saturated carbocycles. The largest absolute Gasteiger partial charge is 0.341 e. The van der Waals surface area contributed by atoms with Gasteiger partial charge in [0.1, 0.15) is 0 Å². The first-order valence-electron chi connectivity index (χ1n) is 11.3. The van der Waals surface area contributed by atoms with Crippen molar-refractivity contribution in [2.75, 3.05) is 18.0 Å². The van der Waals surface area contributed by atoms with Gasteiger partial charge >= 0.3 is 0 Å². The van der Waals surface area contributed by atoms with Gasteiger partial charge in [-0.3, -0.25) is 0 Å². The van der Waals surface area contributed by atoms with Gasteiger partial charge in [-0.25, -0.2) is 9.97 Å². The number of fused-ring (bicyclic) bond motifs is 1. The molecule has 0 radical (unpaired) electrons. The summed E-state index contributed by atoms with van der Waals surface area (Å²) in [4.78, 5) is 12.0. The molecule has 6 rings (SSSR count). The van der Waals surface area contributed by atoms with Crippen LogP contribution in [0.2, 0.25) is 0 Å². The zero-order valence-corrected chi connectivity index (χ0v) is 17.7. The van der Waals surface area contributed by atoms with E-state index in [9.17, 15) is 0 Å². The van der Waals surface area contributed by atoms with Crippen LogP contribution in [0.25, 0.3) is 28.0 Å². The molecule has 2 aromatic carbocycles. The summed E-state index contributed by atoms with van der Waals surface area (Å²) in [6.45, 7) is 2.08. The second kappa shape index (κ2) is 7.20. The Hall–Kier alpha value is -3.18. The molecule has 0 unspecified atom stereocenters. The first-order valence-corrected chi connectivity index (χ1v) is 11.3. The van der Waals surface area contributed by atoms with Crippen molar-refractivity contribution in [2.45, 2.75) is 37.6 Å². The van der Waals surface area contributed by atoms with Crippen LogP contribution in [0.3, 0.4) is 0 Å². The first-order chi connectivity index (χ1) is 15.2. The SMILES string of the molecule is NC1(c2ccc(-n3c(-c4ccccc4)cc4nc(N5CCCC5)ncc43)cc2)CCC1. The van der Waals surface area contributed by atoms with Crippen LogP contribution >= 0.6 is 0 Å². The lowest BCUT2D eigenvalue weighted by Crippen LogP contribution is -2.43. The van der Waals surface area contributed by atoms with Crippen LogP contribution in [0.5, 0.6) is 0 Å². The molecule has 4 aromatic rings. The van der Waals surface area contributed by atoms with Crippen LogP contribution in [0, 0.1) is 0 Å². The van der Waals surface area contributed by atoms with Crippen LogP contribution in [-0.2, 0) is 5.54 Å². The van der Waals surface area contributed by atoms with Gasteiger partial charge in [-0.1, -0.05) is 42.5 Å². The van der Waals surface area contributed by atoms with Crippen molar-refractivity contribution in [3.8, 4) is 16.9 Å². The summed E-state index contributed by atoms with van der Waals surface area (Å²) in [5.74, 6) is 0.840. The smallest absolute Gasteiger partial charge is 0.225 e. The molecular weight excluding hydrogens is 382 g/mol. The van der Waals surface area contributed by atoms with E-state index in [1.165, 1.54) is 30.4 Å². The molecular formula is C26H27N5. The molecule has 0 spiro atoms. The van der Waals surface area contributed by atoms with Gasteiger partial charge in [0.05, 0.1) is 22.9 Å². The van der Waals surface area contributed by atoms with Gasteiger partial charge < -0.3 is 15.2 Å². The molecule has 1 saturated heterocycles. The molecule has 0 atom stereocenters. The van der Waals surface area contributed by atoms with E-state index in [0.717, 1.165) is 54.3 Å². The standard InChI is InChI=1S/C26H27N5/c27-26(13-6-14-26)20-9-11-21(12-10-20)31-23(19-7-2-1-3-8-19)17-22-24(31)18-28-25(29-22)30-15-4-5-16-30/h1-3,7-12,17-18H,4-6,13-16,27H2. The predicted molar refractivity (Wildman–Crippen MR) is 125 cm³/mol. The maximum absolute atomic E-state index is 6.55. The number of aromatic nitrogens is 3. The lowest BCUT2D eigenvalue weighted by Gasteiger charge is -2.38. The molecule has 1 aliphatic heterocycles. The zero-order chi connectivity index (χ0) is 20.8. The highest BCUT2D eigenvalue weighted by Crippen LogP contribution is 2.39. The normalized spacial score (nSPS) is 17.8. The van der Waals surface area contributed by atoms with E-state index in [0.29, 0.717) is 0 Å². The third kappa shape index (κ3) is 3.12. The maximum Gasteiger partial charge on any atom is 0.225 e. The zero-order valence-electron chi connectivity index (χ0n) is 17.7. The van der Waals surface area contributed by atoms with E-state index in [1.807, 2.05) is 6.20 Å². The molecule has 3 heterocycles. The summed E-state index contributed by atoms with van der Waals surface area (Å²) in [5, 5.41) is 0.